The molecular formula is C17H20O10. The zero-order valence-electron chi connectivity index (χ0n) is 15.3. The number of carbonyl (C=O) groups excluding carboxylic acids is 4. The molecule has 2 bridgehead atoms. The highest BCUT2D eigenvalue weighted by Crippen LogP contribution is 2.59. The summed E-state index contributed by atoms with van der Waals surface area (Å²) in [7, 11) is 4.20. The van der Waals surface area contributed by atoms with Gasteiger partial charge >= 0.3 is 23.9 Å². The Bertz CT molecular complexity index is 713. The summed E-state index contributed by atoms with van der Waals surface area (Å²) in [6, 6.07) is 0. The predicted octanol–water partition coefficient (Wildman–Crippen LogP) is 0.473. The van der Waals surface area contributed by atoms with Crippen molar-refractivity contribution in [2.24, 2.45) is 10.8 Å². The molecule has 0 saturated heterocycles. The monoisotopic (exact) mass is 384 g/mol. The number of esters is 4. The first-order valence-corrected chi connectivity index (χ1v) is 7.83. The van der Waals surface area contributed by atoms with Crippen LogP contribution in [0.4, 0.5) is 0 Å². The quantitative estimate of drug-likeness (QED) is 0.518. The molecule has 0 saturated carbocycles. The molecule has 2 rings (SSSR count). The summed E-state index contributed by atoms with van der Waals surface area (Å²) in [6.07, 6.45) is -1.54. The van der Waals surface area contributed by atoms with E-state index in [0.717, 1.165) is 28.4 Å². The number of fused-ring (bicyclic) bond motifs is 2. The predicted molar refractivity (Wildman–Crippen MR) is 86.1 cm³/mol. The third kappa shape index (κ3) is 2.71. The Morgan fingerprint density at radius 1 is 0.704 bits per heavy atom. The van der Waals surface area contributed by atoms with E-state index in [1.54, 1.807) is 0 Å². The lowest BCUT2D eigenvalue weighted by Crippen LogP contribution is -2.53. The van der Waals surface area contributed by atoms with Crippen LogP contribution < -0.4 is 0 Å². The molecule has 10 nitrogen and oxygen atoms in total. The topological polar surface area (TPSA) is 146 Å². The maximum absolute atomic E-state index is 12.6. The molecule has 0 aliphatic heterocycles. The molecule has 0 spiro atoms. The number of aliphatic hydroxyl groups is 2. The Labute approximate surface area is 154 Å². The van der Waals surface area contributed by atoms with Crippen molar-refractivity contribution in [1.82, 2.24) is 0 Å². The highest BCUT2D eigenvalue weighted by Gasteiger charge is 2.65. The van der Waals surface area contributed by atoms with Gasteiger partial charge in [0.25, 0.3) is 0 Å². The third-order valence-corrected chi connectivity index (χ3v) is 5.05. The fourth-order valence-electron chi connectivity index (χ4n) is 3.78. The third-order valence-electron chi connectivity index (χ3n) is 5.05. The number of hydrogen-bond acceptors (Lipinski definition) is 10. The van der Waals surface area contributed by atoms with Crippen LogP contribution >= 0.6 is 0 Å². The molecule has 0 fully saturated rings. The van der Waals surface area contributed by atoms with Crippen molar-refractivity contribution < 1.29 is 48.3 Å². The lowest BCUT2D eigenvalue weighted by Gasteiger charge is -2.47. The van der Waals surface area contributed by atoms with Gasteiger partial charge in [-0.05, 0) is 6.42 Å². The van der Waals surface area contributed by atoms with Crippen LogP contribution in [0.1, 0.15) is 19.3 Å². The second-order valence-corrected chi connectivity index (χ2v) is 6.32. The van der Waals surface area contributed by atoms with Crippen LogP contribution in [0.5, 0.6) is 0 Å². The standard InChI is InChI=1S/C17H20O10/c1-24-12(20)8-5-16(14(22)26-3)7-17(10(8)18,15(23)27-4)6-9(11(16)19)13(21)25-2/h18-19H,5-7H2,1-4H3/t16-,17-/m1/s1. The second kappa shape index (κ2) is 6.93. The first kappa shape index (κ1) is 20.3. The van der Waals surface area contributed by atoms with Gasteiger partial charge in [0, 0.05) is 12.8 Å². The minimum Gasteiger partial charge on any atom is -0.511 e. The van der Waals surface area contributed by atoms with E-state index >= 15 is 0 Å². The number of ether oxygens (including phenoxy) is 4. The first-order chi connectivity index (χ1) is 12.6. The van der Waals surface area contributed by atoms with E-state index in [9.17, 15) is 29.4 Å². The molecule has 27 heavy (non-hydrogen) atoms. The summed E-state index contributed by atoms with van der Waals surface area (Å²) in [5.74, 6) is -5.36. The number of methoxy groups -OCH3 is 4. The van der Waals surface area contributed by atoms with E-state index in [1.807, 2.05) is 0 Å². The molecule has 2 aliphatic carbocycles. The molecule has 10 heteroatoms. The lowest BCUT2D eigenvalue weighted by atomic mass is 9.55. The molecule has 0 heterocycles. The molecule has 0 amide bonds. The molecular weight excluding hydrogens is 364 g/mol. The van der Waals surface area contributed by atoms with Crippen LogP contribution in [-0.2, 0) is 38.1 Å². The van der Waals surface area contributed by atoms with Gasteiger partial charge in [-0.3, -0.25) is 9.59 Å². The Balaban J connectivity index is 2.88. The van der Waals surface area contributed by atoms with Crippen LogP contribution in [0, 0.1) is 10.8 Å². The number of aliphatic hydroxyl groups excluding tert-OH is 2. The van der Waals surface area contributed by atoms with Crippen molar-refractivity contribution in [3.8, 4) is 0 Å². The molecule has 2 N–H and O–H groups in total. The van der Waals surface area contributed by atoms with Crippen LogP contribution in [0.2, 0.25) is 0 Å². The lowest BCUT2D eigenvalue weighted by molar-refractivity contribution is -0.165. The SMILES string of the molecule is COC(=O)C1=C(O)[C@@]2(C(=O)OC)CC(C(=O)OC)=C(O)[C@@](C(=O)OC)(C1)C2. The minimum absolute atomic E-state index is 0.394. The van der Waals surface area contributed by atoms with Gasteiger partial charge in [-0.2, -0.15) is 0 Å². The molecule has 0 aromatic heterocycles. The average Bonchev–Trinajstić information content (AvgIpc) is 2.69. The van der Waals surface area contributed by atoms with Gasteiger partial charge in [0.05, 0.1) is 39.6 Å². The molecule has 0 aromatic carbocycles. The summed E-state index contributed by atoms with van der Waals surface area (Å²) < 4.78 is 18.8. The van der Waals surface area contributed by atoms with Crippen LogP contribution in [0.3, 0.4) is 0 Å². The molecule has 148 valence electrons. The highest BCUT2D eigenvalue weighted by atomic mass is 16.5. The molecule has 0 unspecified atom stereocenters. The largest absolute Gasteiger partial charge is 0.511 e. The maximum Gasteiger partial charge on any atom is 0.337 e. The van der Waals surface area contributed by atoms with Crippen molar-refractivity contribution in [3.63, 3.8) is 0 Å². The Hall–Kier alpha value is -3.04. The summed E-state index contributed by atoms with van der Waals surface area (Å²) in [4.78, 5) is 49.5. The van der Waals surface area contributed by atoms with E-state index in [2.05, 4.69) is 9.47 Å². The second-order valence-electron chi connectivity index (χ2n) is 6.32. The molecule has 2 atom stereocenters. The number of rotatable bonds is 4. The normalized spacial score (nSPS) is 27.0. The van der Waals surface area contributed by atoms with Crippen molar-refractivity contribution >= 4 is 23.9 Å². The van der Waals surface area contributed by atoms with E-state index in [4.69, 9.17) is 9.47 Å². The van der Waals surface area contributed by atoms with Crippen LogP contribution in [-0.4, -0.2) is 62.5 Å². The first-order valence-electron chi connectivity index (χ1n) is 7.83. The van der Waals surface area contributed by atoms with Crippen LogP contribution in [0.25, 0.3) is 0 Å². The Morgan fingerprint density at radius 3 is 1.30 bits per heavy atom. The van der Waals surface area contributed by atoms with Gasteiger partial charge in [-0.15, -0.1) is 0 Å². The zero-order chi connectivity index (χ0) is 20.6. The van der Waals surface area contributed by atoms with Gasteiger partial charge in [-0.25, -0.2) is 9.59 Å². The van der Waals surface area contributed by atoms with Crippen molar-refractivity contribution in [2.45, 2.75) is 19.3 Å². The summed E-state index contributed by atoms with van der Waals surface area (Å²) in [5, 5.41) is 21.5. The summed E-state index contributed by atoms with van der Waals surface area (Å²) >= 11 is 0. The van der Waals surface area contributed by atoms with Gasteiger partial charge in [0.2, 0.25) is 0 Å². The van der Waals surface area contributed by atoms with E-state index in [-0.39, 0.29) is 0 Å². The average molecular weight is 384 g/mol. The molecule has 2 aliphatic rings. The van der Waals surface area contributed by atoms with E-state index in [1.165, 1.54) is 0 Å². The van der Waals surface area contributed by atoms with Crippen molar-refractivity contribution in [3.05, 3.63) is 22.7 Å². The minimum atomic E-state index is -1.97. The highest BCUT2D eigenvalue weighted by molar-refractivity contribution is 5.99. The van der Waals surface area contributed by atoms with Gasteiger partial charge < -0.3 is 29.2 Å². The zero-order valence-corrected chi connectivity index (χ0v) is 15.3. The molecule has 0 aromatic rings. The number of hydrogen-bond donors (Lipinski definition) is 2. The Morgan fingerprint density at radius 2 is 1.04 bits per heavy atom. The summed E-state index contributed by atoms with van der Waals surface area (Å²) in [5.41, 5.74) is -4.73. The van der Waals surface area contributed by atoms with Crippen molar-refractivity contribution in [1.29, 1.82) is 0 Å². The van der Waals surface area contributed by atoms with E-state index in [0.29, 0.717) is 0 Å². The smallest absolute Gasteiger partial charge is 0.337 e. The van der Waals surface area contributed by atoms with Gasteiger partial charge in [0.15, 0.2) is 0 Å². The Kier molecular flexibility index (Phi) is 5.21. The van der Waals surface area contributed by atoms with Crippen LogP contribution in [0.15, 0.2) is 22.7 Å². The summed E-state index contributed by atoms with van der Waals surface area (Å²) in [6.45, 7) is 0. The van der Waals surface area contributed by atoms with E-state index < -0.39 is 76.6 Å². The number of carbonyl (C=O) groups is 4. The maximum atomic E-state index is 12.6. The fraction of sp³-hybridized carbons (Fsp3) is 0.529. The fourth-order valence-corrected chi connectivity index (χ4v) is 3.78. The van der Waals surface area contributed by atoms with Gasteiger partial charge in [0.1, 0.15) is 22.3 Å². The molecule has 0 radical (unpaired) electrons. The van der Waals surface area contributed by atoms with Gasteiger partial charge in [-0.1, -0.05) is 0 Å². The van der Waals surface area contributed by atoms with Crippen molar-refractivity contribution in [2.75, 3.05) is 28.4 Å².